The number of sulfonamides is 1. The standard InChI is InChI=1S/C14H14ClNO2S/c1-11(12-5-3-2-4-6-12)16-19(17,18)14-9-7-13(15)8-10-14/h2-11,16H,1H3/t11-/m0/s1. The SMILES string of the molecule is C[C@H](NS(=O)(=O)c1ccc(Cl)cc1)c1ccccc1. The lowest BCUT2D eigenvalue weighted by Gasteiger charge is -2.14. The summed E-state index contributed by atoms with van der Waals surface area (Å²) in [7, 11) is -3.53. The van der Waals surface area contributed by atoms with Crippen molar-refractivity contribution in [1.29, 1.82) is 0 Å². The number of hydrogen-bond acceptors (Lipinski definition) is 2. The predicted octanol–water partition coefficient (Wildman–Crippen LogP) is 3.38. The van der Waals surface area contributed by atoms with Crippen molar-refractivity contribution in [1.82, 2.24) is 4.72 Å². The van der Waals surface area contributed by atoms with Crippen LogP contribution in [0.25, 0.3) is 0 Å². The molecule has 0 aliphatic carbocycles. The summed E-state index contributed by atoms with van der Waals surface area (Å²) in [6.07, 6.45) is 0. The second kappa shape index (κ2) is 5.74. The van der Waals surface area contributed by atoms with Crippen molar-refractivity contribution in [3.63, 3.8) is 0 Å². The van der Waals surface area contributed by atoms with E-state index in [1.807, 2.05) is 37.3 Å². The third kappa shape index (κ3) is 3.56. The first kappa shape index (κ1) is 14.1. The number of halogens is 1. The molecule has 0 aliphatic heterocycles. The largest absolute Gasteiger partial charge is 0.241 e. The first-order valence-electron chi connectivity index (χ1n) is 5.82. The second-order valence-corrected chi connectivity index (χ2v) is 6.36. The predicted molar refractivity (Wildman–Crippen MR) is 76.6 cm³/mol. The molecular formula is C14H14ClNO2S. The van der Waals surface area contributed by atoms with E-state index in [1.165, 1.54) is 12.1 Å². The van der Waals surface area contributed by atoms with Gasteiger partial charge in [0, 0.05) is 11.1 Å². The van der Waals surface area contributed by atoms with Crippen molar-refractivity contribution in [3.05, 3.63) is 65.2 Å². The van der Waals surface area contributed by atoms with Gasteiger partial charge >= 0.3 is 0 Å². The van der Waals surface area contributed by atoms with Crippen LogP contribution in [0.1, 0.15) is 18.5 Å². The summed E-state index contributed by atoms with van der Waals surface area (Å²) in [5.41, 5.74) is 0.917. The molecule has 0 aliphatic rings. The van der Waals surface area contributed by atoms with E-state index in [-0.39, 0.29) is 10.9 Å². The van der Waals surface area contributed by atoms with Gasteiger partial charge in [-0.05, 0) is 36.8 Å². The molecule has 1 atom stereocenters. The monoisotopic (exact) mass is 295 g/mol. The molecule has 2 aromatic carbocycles. The minimum Gasteiger partial charge on any atom is -0.207 e. The van der Waals surface area contributed by atoms with Crippen LogP contribution in [0.5, 0.6) is 0 Å². The summed E-state index contributed by atoms with van der Waals surface area (Å²) in [6, 6.07) is 15.2. The molecule has 100 valence electrons. The first-order valence-corrected chi connectivity index (χ1v) is 7.68. The Morgan fingerprint density at radius 3 is 2.16 bits per heavy atom. The molecule has 0 saturated carbocycles. The third-order valence-electron chi connectivity index (χ3n) is 2.76. The van der Waals surface area contributed by atoms with Crippen molar-refractivity contribution in [2.75, 3.05) is 0 Å². The minimum atomic E-state index is -3.53. The van der Waals surface area contributed by atoms with E-state index in [9.17, 15) is 8.42 Å². The van der Waals surface area contributed by atoms with Gasteiger partial charge in [-0.3, -0.25) is 0 Å². The maximum absolute atomic E-state index is 12.2. The van der Waals surface area contributed by atoms with Crippen LogP contribution in [0.3, 0.4) is 0 Å². The summed E-state index contributed by atoms with van der Waals surface area (Å²) in [5, 5.41) is 0.509. The third-order valence-corrected chi connectivity index (χ3v) is 4.56. The minimum absolute atomic E-state index is 0.208. The first-order chi connectivity index (χ1) is 8.99. The maximum atomic E-state index is 12.2. The highest BCUT2D eigenvalue weighted by molar-refractivity contribution is 7.89. The van der Waals surface area contributed by atoms with Crippen molar-refractivity contribution in [2.45, 2.75) is 17.9 Å². The van der Waals surface area contributed by atoms with Gasteiger partial charge in [-0.25, -0.2) is 13.1 Å². The maximum Gasteiger partial charge on any atom is 0.241 e. The highest BCUT2D eigenvalue weighted by Crippen LogP contribution is 2.18. The highest BCUT2D eigenvalue weighted by Gasteiger charge is 2.17. The van der Waals surface area contributed by atoms with E-state index < -0.39 is 10.0 Å². The van der Waals surface area contributed by atoms with Gasteiger partial charge in [-0.2, -0.15) is 0 Å². The zero-order chi connectivity index (χ0) is 13.9. The number of nitrogens with one attached hydrogen (secondary N) is 1. The average Bonchev–Trinajstić information content (AvgIpc) is 2.40. The molecular weight excluding hydrogens is 282 g/mol. The molecule has 0 aromatic heterocycles. The van der Waals surface area contributed by atoms with Gasteiger partial charge in [-0.15, -0.1) is 0 Å². The molecule has 0 saturated heterocycles. The van der Waals surface area contributed by atoms with Crippen LogP contribution in [0.4, 0.5) is 0 Å². The van der Waals surface area contributed by atoms with Gasteiger partial charge in [0.1, 0.15) is 0 Å². The molecule has 0 radical (unpaired) electrons. The van der Waals surface area contributed by atoms with Gasteiger partial charge in [-0.1, -0.05) is 41.9 Å². The molecule has 3 nitrogen and oxygen atoms in total. The average molecular weight is 296 g/mol. The van der Waals surface area contributed by atoms with E-state index in [1.54, 1.807) is 12.1 Å². The quantitative estimate of drug-likeness (QED) is 0.940. The molecule has 2 rings (SSSR count). The Balaban J connectivity index is 2.20. The molecule has 0 unspecified atom stereocenters. The molecule has 2 aromatic rings. The van der Waals surface area contributed by atoms with Crippen LogP contribution in [0.2, 0.25) is 5.02 Å². The van der Waals surface area contributed by atoms with Crippen LogP contribution in [-0.2, 0) is 10.0 Å². The molecule has 0 amide bonds. The zero-order valence-electron chi connectivity index (χ0n) is 10.4. The van der Waals surface area contributed by atoms with Crippen molar-refractivity contribution < 1.29 is 8.42 Å². The van der Waals surface area contributed by atoms with Gasteiger partial charge < -0.3 is 0 Å². The second-order valence-electron chi connectivity index (χ2n) is 4.21. The Morgan fingerprint density at radius 2 is 1.58 bits per heavy atom. The van der Waals surface area contributed by atoms with Crippen molar-refractivity contribution in [2.24, 2.45) is 0 Å². The van der Waals surface area contributed by atoms with Crippen molar-refractivity contribution in [3.8, 4) is 0 Å². The molecule has 0 bridgehead atoms. The fourth-order valence-corrected chi connectivity index (χ4v) is 3.08. The normalized spacial score (nSPS) is 13.2. The Kier molecular flexibility index (Phi) is 4.24. The fraction of sp³-hybridized carbons (Fsp3) is 0.143. The van der Waals surface area contributed by atoms with Crippen LogP contribution in [0, 0.1) is 0 Å². The zero-order valence-corrected chi connectivity index (χ0v) is 11.9. The molecule has 0 spiro atoms. The number of hydrogen-bond donors (Lipinski definition) is 1. The molecule has 0 heterocycles. The van der Waals surface area contributed by atoms with E-state index in [4.69, 9.17) is 11.6 Å². The number of benzene rings is 2. The van der Waals surface area contributed by atoms with Gasteiger partial charge in [0.25, 0.3) is 0 Å². The van der Waals surface area contributed by atoms with Crippen molar-refractivity contribution >= 4 is 21.6 Å². The fourth-order valence-electron chi connectivity index (χ4n) is 1.72. The lowest BCUT2D eigenvalue weighted by molar-refractivity contribution is 0.567. The van der Waals surface area contributed by atoms with E-state index in [0.717, 1.165) is 5.56 Å². The number of rotatable bonds is 4. The highest BCUT2D eigenvalue weighted by atomic mass is 35.5. The van der Waals surface area contributed by atoms with Gasteiger partial charge in [0.05, 0.1) is 4.90 Å². The van der Waals surface area contributed by atoms with Crippen LogP contribution < -0.4 is 4.72 Å². The molecule has 19 heavy (non-hydrogen) atoms. The smallest absolute Gasteiger partial charge is 0.207 e. The summed E-state index contributed by atoms with van der Waals surface area (Å²) in [5.74, 6) is 0. The van der Waals surface area contributed by atoms with E-state index >= 15 is 0 Å². The Hall–Kier alpha value is -1.36. The van der Waals surface area contributed by atoms with E-state index in [2.05, 4.69) is 4.72 Å². The summed E-state index contributed by atoms with van der Waals surface area (Å²) in [4.78, 5) is 0.208. The van der Waals surface area contributed by atoms with Gasteiger partial charge in [0.15, 0.2) is 0 Å². The lowest BCUT2D eigenvalue weighted by Crippen LogP contribution is -2.26. The molecule has 1 N–H and O–H groups in total. The lowest BCUT2D eigenvalue weighted by atomic mass is 10.1. The van der Waals surface area contributed by atoms with Gasteiger partial charge in [0.2, 0.25) is 10.0 Å². The summed E-state index contributed by atoms with van der Waals surface area (Å²) < 4.78 is 27.0. The molecule has 5 heteroatoms. The Morgan fingerprint density at radius 1 is 1.00 bits per heavy atom. The topological polar surface area (TPSA) is 46.2 Å². The Labute approximate surface area is 118 Å². The van der Waals surface area contributed by atoms with Crippen LogP contribution in [-0.4, -0.2) is 8.42 Å². The Bertz CT molecular complexity index is 639. The summed E-state index contributed by atoms with van der Waals surface area (Å²) in [6.45, 7) is 1.81. The summed E-state index contributed by atoms with van der Waals surface area (Å²) >= 11 is 5.75. The van der Waals surface area contributed by atoms with Crippen LogP contribution >= 0.6 is 11.6 Å². The van der Waals surface area contributed by atoms with E-state index in [0.29, 0.717) is 5.02 Å². The van der Waals surface area contributed by atoms with Crippen LogP contribution in [0.15, 0.2) is 59.5 Å². The molecule has 0 fully saturated rings.